The molecule has 0 spiro atoms. The van der Waals surface area contributed by atoms with E-state index in [0.717, 1.165) is 23.9 Å². The van der Waals surface area contributed by atoms with Crippen molar-refractivity contribution in [2.75, 3.05) is 13.1 Å². The molecular weight excluding hydrogens is 350 g/mol. The van der Waals surface area contributed by atoms with Crippen LogP contribution in [0.1, 0.15) is 24.8 Å². The number of benzene rings is 2. The topological polar surface area (TPSA) is 49.6 Å². The van der Waals surface area contributed by atoms with Crippen molar-refractivity contribution in [1.29, 1.82) is 0 Å². The van der Waals surface area contributed by atoms with Crippen LogP contribution in [0.3, 0.4) is 0 Å². The fourth-order valence-corrected chi connectivity index (χ4v) is 3.09. The zero-order chi connectivity index (χ0) is 15.4. The van der Waals surface area contributed by atoms with Crippen molar-refractivity contribution in [3.63, 3.8) is 0 Å². The fraction of sp³-hybridized carbons (Fsp3) is 0.353. The maximum atomic E-state index is 10.1. The van der Waals surface area contributed by atoms with E-state index in [-0.39, 0.29) is 28.3 Å². The van der Waals surface area contributed by atoms with Crippen molar-refractivity contribution in [2.24, 2.45) is 0 Å². The monoisotopic (exact) mass is 370 g/mol. The smallest absolute Gasteiger partial charge is 0.760 e. The average molecular weight is 370 g/mol. The second kappa shape index (κ2) is 8.83. The summed E-state index contributed by atoms with van der Waals surface area (Å²) in [5, 5.41) is 12.1. The van der Waals surface area contributed by atoms with Gasteiger partial charge in [0.05, 0.1) is 5.39 Å². The van der Waals surface area contributed by atoms with Crippen LogP contribution in [0.4, 0.5) is 0 Å². The summed E-state index contributed by atoms with van der Waals surface area (Å²) in [6, 6.07) is 11.5. The van der Waals surface area contributed by atoms with Crippen LogP contribution in [0.15, 0.2) is 36.4 Å². The molecule has 6 heteroatoms. The average Bonchev–Trinajstić information content (AvgIpc) is 2.57. The van der Waals surface area contributed by atoms with E-state index >= 15 is 0 Å². The number of fused-ring (bicyclic) bond motifs is 1. The molecular formula is C17H20FeN3OS+. The van der Waals surface area contributed by atoms with Crippen molar-refractivity contribution in [2.45, 2.75) is 24.8 Å². The zero-order valence-corrected chi connectivity index (χ0v) is 14.7. The Balaban J connectivity index is 0.00000192. The van der Waals surface area contributed by atoms with Crippen LogP contribution < -0.4 is 5.43 Å². The molecule has 1 aliphatic heterocycles. The summed E-state index contributed by atoms with van der Waals surface area (Å²) in [6.45, 7) is 3.70. The van der Waals surface area contributed by atoms with E-state index in [1.165, 1.54) is 19.3 Å². The van der Waals surface area contributed by atoms with Crippen LogP contribution >= 0.6 is 0 Å². The number of nitrogens with one attached hydrogen (secondary N) is 1. The van der Waals surface area contributed by atoms with E-state index in [1.54, 1.807) is 12.6 Å². The Morgan fingerprint density at radius 2 is 1.87 bits per heavy atom. The molecule has 1 aliphatic rings. The Morgan fingerprint density at radius 3 is 2.65 bits per heavy atom. The number of likely N-dealkylation sites (tertiary alicyclic amines) is 1. The second-order valence-electron chi connectivity index (χ2n) is 5.56. The number of hydrogen-bond acceptors (Lipinski definition) is 4. The van der Waals surface area contributed by atoms with Gasteiger partial charge in [-0.05, 0) is 44.1 Å². The first-order valence-corrected chi connectivity index (χ1v) is 8.12. The van der Waals surface area contributed by atoms with Crippen molar-refractivity contribution >= 4 is 23.4 Å². The minimum atomic E-state index is -0.200. The van der Waals surface area contributed by atoms with E-state index in [4.69, 9.17) is 12.6 Å². The third-order valence-corrected chi connectivity index (χ3v) is 4.45. The van der Waals surface area contributed by atoms with E-state index in [9.17, 15) is 5.11 Å². The van der Waals surface area contributed by atoms with Gasteiger partial charge in [-0.3, -0.25) is 0 Å². The molecule has 0 unspecified atom stereocenters. The molecule has 0 amide bonds. The Labute approximate surface area is 153 Å². The molecule has 122 valence electrons. The standard InChI is InChI=1S/C17H21N3OS.Fe/c21-16-9-8-13-6-2-3-7-14(13)15(16)12-18-19-17(22)20-10-4-1-5-11-20;/h2-3,6-9,12,17,19,21-22H,1,4-5,10-11H2;/q;+2/p-1/t17-;/m1./s1. The van der Waals surface area contributed by atoms with Gasteiger partial charge in [-0.1, -0.05) is 24.5 Å². The summed E-state index contributed by atoms with van der Waals surface area (Å²) in [5.74, 6) is 0.225. The maximum Gasteiger partial charge on any atom is 2.00 e. The van der Waals surface area contributed by atoms with E-state index in [0.29, 0.717) is 5.56 Å². The molecule has 1 atom stereocenters. The second-order valence-corrected chi connectivity index (χ2v) is 6.00. The Morgan fingerprint density at radius 1 is 1.13 bits per heavy atom. The van der Waals surface area contributed by atoms with Crippen LogP contribution in [0, 0.1) is 6.54 Å². The van der Waals surface area contributed by atoms with Crippen LogP contribution in [0.2, 0.25) is 0 Å². The molecule has 0 saturated carbocycles. The molecule has 3 rings (SSSR count). The largest absolute Gasteiger partial charge is 2.00 e. The Hall–Kier alpha value is -0.881. The van der Waals surface area contributed by atoms with Gasteiger partial charge in [0.2, 0.25) is 5.75 Å². The SMILES string of the molecule is Oc1ccc2ccccc2c1[CH+][N-]N[C@@H]([S-])N1CCCCC1.[Fe+2]. The van der Waals surface area contributed by atoms with Gasteiger partial charge < -0.3 is 33.5 Å². The van der Waals surface area contributed by atoms with Gasteiger partial charge in [0.15, 0.2) is 5.56 Å². The van der Waals surface area contributed by atoms with Gasteiger partial charge in [0.25, 0.3) is 0 Å². The summed E-state index contributed by atoms with van der Waals surface area (Å²) in [5.41, 5.74) is 7.75. The molecule has 0 aliphatic carbocycles. The van der Waals surface area contributed by atoms with E-state index in [2.05, 4.69) is 15.8 Å². The molecule has 1 saturated heterocycles. The van der Waals surface area contributed by atoms with Gasteiger partial charge in [0, 0.05) is 17.5 Å². The molecule has 0 aromatic heterocycles. The molecule has 23 heavy (non-hydrogen) atoms. The van der Waals surface area contributed by atoms with Crippen molar-refractivity contribution in [3.05, 3.63) is 53.9 Å². The molecule has 1 heterocycles. The van der Waals surface area contributed by atoms with Gasteiger partial charge in [-0.2, -0.15) is 0 Å². The molecule has 1 fully saturated rings. The first kappa shape index (κ1) is 18.5. The summed E-state index contributed by atoms with van der Waals surface area (Å²) >= 11 is 5.44. The summed E-state index contributed by atoms with van der Waals surface area (Å²) in [7, 11) is 0. The van der Waals surface area contributed by atoms with Crippen LogP contribution in [-0.4, -0.2) is 28.6 Å². The van der Waals surface area contributed by atoms with Crippen LogP contribution in [0.25, 0.3) is 16.2 Å². The van der Waals surface area contributed by atoms with Crippen molar-refractivity contribution < 1.29 is 22.2 Å². The fourth-order valence-electron chi connectivity index (χ4n) is 2.82. The Kier molecular flexibility index (Phi) is 7.08. The minimum absolute atomic E-state index is 0. The predicted molar refractivity (Wildman–Crippen MR) is 92.1 cm³/mol. The maximum absolute atomic E-state index is 10.1. The van der Waals surface area contributed by atoms with Crippen LogP contribution in [0.5, 0.6) is 5.75 Å². The normalized spacial score (nSPS) is 16.7. The molecule has 0 bridgehead atoms. The first-order chi connectivity index (χ1) is 10.8. The van der Waals surface area contributed by atoms with E-state index in [1.807, 2.05) is 30.3 Å². The molecule has 2 aromatic carbocycles. The van der Waals surface area contributed by atoms with Gasteiger partial charge in [-0.15, -0.1) is 0 Å². The molecule has 4 nitrogen and oxygen atoms in total. The number of rotatable bonds is 5. The summed E-state index contributed by atoms with van der Waals surface area (Å²) in [6.07, 6.45) is 3.68. The molecule has 2 N–H and O–H groups in total. The zero-order valence-electron chi connectivity index (χ0n) is 12.8. The summed E-state index contributed by atoms with van der Waals surface area (Å²) < 4.78 is 0. The predicted octanol–water partition coefficient (Wildman–Crippen LogP) is 3.25. The minimum Gasteiger partial charge on any atom is -0.760 e. The molecule has 2 aromatic rings. The number of phenols is 1. The summed E-state index contributed by atoms with van der Waals surface area (Å²) in [4.78, 5) is 2.22. The first-order valence-electron chi connectivity index (χ1n) is 7.65. The number of aromatic hydroxyl groups is 1. The third-order valence-electron chi connectivity index (χ3n) is 4.05. The number of nitrogens with zero attached hydrogens (tertiary/aromatic N) is 2. The van der Waals surface area contributed by atoms with E-state index < -0.39 is 0 Å². The number of hydrogen-bond donors (Lipinski definition) is 2. The van der Waals surface area contributed by atoms with Crippen LogP contribution in [-0.2, 0) is 29.7 Å². The van der Waals surface area contributed by atoms with Gasteiger partial charge in [0.1, 0.15) is 0 Å². The van der Waals surface area contributed by atoms with Gasteiger partial charge >= 0.3 is 17.1 Å². The third kappa shape index (κ3) is 4.57. The molecule has 0 radical (unpaired) electrons. The quantitative estimate of drug-likeness (QED) is 0.367. The van der Waals surface area contributed by atoms with Crippen molar-refractivity contribution in [1.82, 2.24) is 10.3 Å². The number of phenolic OH excluding ortho intramolecular Hbond substituents is 1. The Bertz CT molecular complexity index is 634. The number of piperidine rings is 1. The van der Waals surface area contributed by atoms with Gasteiger partial charge in [-0.25, -0.2) is 0 Å². The van der Waals surface area contributed by atoms with Crippen molar-refractivity contribution in [3.8, 4) is 5.75 Å².